The Morgan fingerprint density at radius 1 is 1.19 bits per heavy atom. The fourth-order valence-electron chi connectivity index (χ4n) is 3.03. The summed E-state index contributed by atoms with van der Waals surface area (Å²) >= 11 is 0. The number of hydrogen-bond donors (Lipinski definition) is 1. The van der Waals surface area contributed by atoms with Gasteiger partial charge in [-0.05, 0) is 18.4 Å². The van der Waals surface area contributed by atoms with Gasteiger partial charge < -0.3 is 10.2 Å². The highest BCUT2D eigenvalue weighted by atomic mass is 32.2. The van der Waals surface area contributed by atoms with Gasteiger partial charge in [-0.15, -0.1) is 0 Å². The zero-order chi connectivity index (χ0) is 19.2. The Bertz CT molecular complexity index is 680. The summed E-state index contributed by atoms with van der Waals surface area (Å²) in [5, 5.41) is 3.16. The number of nitrogens with zero attached hydrogens (tertiary/aromatic N) is 2. The van der Waals surface area contributed by atoms with E-state index in [0.29, 0.717) is 45.1 Å². The molecule has 1 fully saturated rings. The summed E-state index contributed by atoms with van der Waals surface area (Å²) in [7, 11) is -3.33. The molecule has 2 rings (SSSR count). The maximum atomic E-state index is 12.7. The first-order chi connectivity index (χ1) is 12.3. The van der Waals surface area contributed by atoms with E-state index in [1.807, 2.05) is 45.0 Å². The third-order valence-corrected chi connectivity index (χ3v) is 6.35. The minimum absolute atomic E-state index is 0.0145. The standard InChI is InChI=1S/C19H31N3O3S/c1-16(2)15-21(19(23)14-18-6-4-17(3)5-7-18)12-13-26(24,25)22-10-8-20-9-11-22/h4-7,16,20H,8-15H2,1-3H3. The highest BCUT2D eigenvalue weighted by Crippen LogP contribution is 2.10. The van der Waals surface area contributed by atoms with Crippen molar-refractivity contribution in [3.05, 3.63) is 35.4 Å². The molecule has 0 saturated carbocycles. The van der Waals surface area contributed by atoms with Gasteiger partial charge in [0.1, 0.15) is 0 Å². The molecule has 146 valence electrons. The van der Waals surface area contributed by atoms with Crippen molar-refractivity contribution in [1.82, 2.24) is 14.5 Å². The molecule has 1 aromatic carbocycles. The van der Waals surface area contributed by atoms with Crippen LogP contribution in [0.4, 0.5) is 0 Å². The zero-order valence-corrected chi connectivity index (χ0v) is 16.9. The van der Waals surface area contributed by atoms with E-state index in [4.69, 9.17) is 0 Å². The highest BCUT2D eigenvalue weighted by molar-refractivity contribution is 7.89. The molecule has 0 aliphatic carbocycles. The third kappa shape index (κ3) is 6.37. The fraction of sp³-hybridized carbons (Fsp3) is 0.632. The summed E-state index contributed by atoms with van der Waals surface area (Å²) in [6.45, 7) is 9.28. The number of benzene rings is 1. The van der Waals surface area contributed by atoms with Gasteiger partial charge in [-0.2, -0.15) is 4.31 Å². The Balaban J connectivity index is 1.99. The van der Waals surface area contributed by atoms with Crippen LogP contribution >= 0.6 is 0 Å². The van der Waals surface area contributed by atoms with Crippen LogP contribution in [0.25, 0.3) is 0 Å². The molecule has 26 heavy (non-hydrogen) atoms. The molecule has 0 radical (unpaired) electrons. The second kappa shape index (κ2) is 9.48. The number of nitrogens with one attached hydrogen (secondary N) is 1. The number of aryl methyl sites for hydroxylation is 1. The molecule has 0 unspecified atom stereocenters. The van der Waals surface area contributed by atoms with E-state index in [0.717, 1.165) is 11.1 Å². The second-order valence-electron chi connectivity index (χ2n) is 7.36. The number of rotatable bonds is 8. The van der Waals surface area contributed by atoms with Gasteiger partial charge in [-0.1, -0.05) is 43.7 Å². The second-order valence-corrected chi connectivity index (χ2v) is 9.45. The molecule has 0 aromatic heterocycles. The zero-order valence-electron chi connectivity index (χ0n) is 16.1. The molecule has 0 spiro atoms. The van der Waals surface area contributed by atoms with Crippen LogP contribution in [0.2, 0.25) is 0 Å². The van der Waals surface area contributed by atoms with Gasteiger partial charge in [0, 0.05) is 39.3 Å². The number of hydrogen-bond acceptors (Lipinski definition) is 4. The smallest absolute Gasteiger partial charge is 0.227 e. The van der Waals surface area contributed by atoms with E-state index >= 15 is 0 Å². The van der Waals surface area contributed by atoms with Crippen LogP contribution in [0.5, 0.6) is 0 Å². The summed E-state index contributed by atoms with van der Waals surface area (Å²) in [6.07, 6.45) is 0.306. The molecule has 0 bridgehead atoms. The van der Waals surface area contributed by atoms with Crippen LogP contribution in [0.1, 0.15) is 25.0 Å². The van der Waals surface area contributed by atoms with Crippen molar-refractivity contribution in [2.45, 2.75) is 27.2 Å². The molecule has 6 nitrogen and oxygen atoms in total. The number of carbonyl (C=O) groups excluding carboxylic acids is 1. The van der Waals surface area contributed by atoms with E-state index in [1.54, 1.807) is 4.90 Å². The van der Waals surface area contributed by atoms with Crippen LogP contribution in [0, 0.1) is 12.8 Å². The van der Waals surface area contributed by atoms with Crippen molar-refractivity contribution in [3.63, 3.8) is 0 Å². The molecule has 1 aliphatic rings. The van der Waals surface area contributed by atoms with Gasteiger partial charge in [-0.25, -0.2) is 8.42 Å². The quantitative estimate of drug-likeness (QED) is 0.736. The Hall–Kier alpha value is -1.44. The lowest BCUT2D eigenvalue weighted by Crippen LogP contribution is -2.48. The first kappa shape index (κ1) is 20.9. The van der Waals surface area contributed by atoms with Crippen molar-refractivity contribution in [3.8, 4) is 0 Å². The molecule has 1 heterocycles. The molecule has 1 aliphatic heterocycles. The van der Waals surface area contributed by atoms with Crippen molar-refractivity contribution < 1.29 is 13.2 Å². The maximum Gasteiger partial charge on any atom is 0.227 e. The predicted molar refractivity (Wildman–Crippen MR) is 105 cm³/mol. The Kier molecular flexibility index (Phi) is 7.61. The average Bonchev–Trinajstić information content (AvgIpc) is 2.61. The normalized spacial score (nSPS) is 16.0. The van der Waals surface area contributed by atoms with Crippen molar-refractivity contribution >= 4 is 15.9 Å². The van der Waals surface area contributed by atoms with E-state index < -0.39 is 10.0 Å². The van der Waals surface area contributed by atoms with Gasteiger partial charge in [0.25, 0.3) is 0 Å². The van der Waals surface area contributed by atoms with Crippen LogP contribution < -0.4 is 5.32 Å². The molecule has 1 amide bonds. The largest absolute Gasteiger partial charge is 0.341 e. The summed E-state index contributed by atoms with van der Waals surface area (Å²) in [5.74, 6) is 0.260. The van der Waals surface area contributed by atoms with E-state index in [-0.39, 0.29) is 18.2 Å². The van der Waals surface area contributed by atoms with Gasteiger partial charge in [-0.3, -0.25) is 4.79 Å². The Morgan fingerprint density at radius 3 is 2.38 bits per heavy atom. The first-order valence-corrected chi connectivity index (χ1v) is 10.9. The van der Waals surface area contributed by atoms with Crippen molar-refractivity contribution in [2.24, 2.45) is 5.92 Å². The van der Waals surface area contributed by atoms with Gasteiger partial charge in [0.15, 0.2) is 0 Å². The third-order valence-electron chi connectivity index (χ3n) is 4.50. The minimum atomic E-state index is -3.33. The SMILES string of the molecule is Cc1ccc(CC(=O)N(CCS(=O)(=O)N2CCNCC2)CC(C)C)cc1. The van der Waals surface area contributed by atoms with E-state index in [1.165, 1.54) is 4.31 Å². The monoisotopic (exact) mass is 381 g/mol. The van der Waals surface area contributed by atoms with Crippen LogP contribution in [0.15, 0.2) is 24.3 Å². The number of sulfonamides is 1. The lowest BCUT2D eigenvalue weighted by Gasteiger charge is -2.29. The highest BCUT2D eigenvalue weighted by Gasteiger charge is 2.25. The maximum absolute atomic E-state index is 12.7. The van der Waals surface area contributed by atoms with Crippen molar-refractivity contribution in [2.75, 3.05) is 45.0 Å². The van der Waals surface area contributed by atoms with Crippen LogP contribution in [0.3, 0.4) is 0 Å². The molecule has 1 N–H and O–H groups in total. The Labute approximate surface area is 157 Å². The topological polar surface area (TPSA) is 69.7 Å². The summed E-state index contributed by atoms with van der Waals surface area (Å²) < 4.78 is 26.6. The summed E-state index contributed by atoms with van der Waals surface area (Å²) in [4.78, 5) is 14.4. The molecule has 0 atom stereocenters. The fourth-order valence-corrected chi connectivity index (χ4v) is 4.48. The summed E-state index contributed by atoms with van der Waals surface area (Å²) in [5.41, 5.74) is 2.11. The molecular formula is C19H31N3O3S. The Morgan fingerprint density at radius 2 is 1.81 bits per heavy atom. The minimum Gasteiger partial charge on any atom is -0.341 e. The van der Waals surface area contributed by atoms with Gasteiger partial charge in [0.05, 0.1) is 12.2 Å². The van der Waals surface area contributed by atoms with Gasteiger partial charge >= 0.3 is 0 Å². The van der Waals surface area contributed by atoms with Crippen LogP contribution in [-0.2, 0) is 21.2 Å². The van der Waals surface area contributed by atoms with E-state index in [2.05, 4.69) is 5.32 Å². The number of amides is 1. The van der Waals surface area contributed by atoms with Gasteiger partial charge in [0.2, 0.25) is 15.9 Å². The van der Waals surface area contributed by atoms with Crippen molar-refractivity contribution in [1.29, 1.82) is 0 Å². The lowest BCUT2D eigenvalue weighted by molar-refractivity contribution is -0.130. The molecule has 7 heteroatoms. The molecular weight excluding hydrogens is 350 g/mol. The summed E-state index contributed by atoms with van der Waals surface area (Å²) in [6, 6.07) is 7.89. The van der Waals surface area contributed by atoms with E-state index in [9.17, 15) is 13.2 Å². The average molecular weight is 382 g/mol. The molecule has 1 saturated heterocycles. The molecule has 1 aromatic rings. The predicted octanol–water partition coefficient (Wildman–Crippen LogP) is 1.26. The van der Waals surface area contributed by atoms with Crippen LogP contribution in [-0.4, -0.2) is 68.6 Å². The first-order valence-electron chi connectivity index (χ1n) is 9.30. The lowest BCUT2D eigenvalue weighted by atomic mass is 10.1. The number of piperazine rings is 1. The number of carbonyl (C=O) groups is 1.